The molecule has 1 aromatic rings. The molecule has 1 rings (SSSR count). The molecule has 0 saturated carbocycles. The first-order valence-corrected chi connectivity index (χ1v) is 6.82. The molecule has 3 N–H and O–H groups in total. The van der Waals surface area contributed by atoms with Crippen LogP contribution in [0.3, 0.4) is 0 Å². The minimum absolute atomic E-state index is 0.103. The Morgan fingerprint density at radius 2 is 2.11 bits per heavy atom. The van der Waals surface area contributed by atoms with E-state index in [9.17, 15) is 13.6 Å². The molecule has 6 heteroatoms. The number of anilines is 1. The molecular weight excluding hydrogens is 258 g/mol. The van der Waals surface area contributed by atoms with Crippen molar-refractivity contribution in [2.24, 2.45) is 5.73 Å². The molecule has 0 heterocycles. The fourth-order valence-corrected chi connectivity index (χ4v) is 2.05. The predicted molar refractivity (Wildman–Crippen MR) is 71.0 cm³/mol. The fourth-order valence-electron chi connectivity index (χ4n) is 1.41. The van der Waals surface area contributed by atoms with E-state index < -0.39 is 17.5 Å². The lowest BCUT2D eigenvalue weighted by atomic mass is 10.1. The van der Waals surface area contributed by atoms with Gasteiger partial charge in [-0.1, -0.05) is 6.92 Å². The van der Waals surface area contributed by atoms with Crippen LogP contribution >= 0.6 is 11.8 Å². The van der Waals surface area contributed by atoms with Gasteiger partial charge in [-0.15, -0.1) is 0 Å². The standard InChI is InChI=1S/C12H16F2N2OS/c1-2-18-5-3-4-16-11-6-8(12(15)17)9(13)7-10(11)14/h6-7,16H,2-5H2,1H3,(H2,15,17). The lowest BCUT2D eigenvalue weighted by molar-refractivity contribution is 0.0996. The van der Waals surface area contributed by atoms with Gasteiger partial charge in [-0.25, -0.2) is 8.78 Å². The van der Waals surface area contributed by atoms with Crippen molar-refractivity contribution >= 4 is 23.4 Å². The van der Waals surface area contributed by atoms with Crippen molar-refractivity contribution < 1.29 is 13.6 Å². The van der Waals surface area contributed by atoms with Gasteiger partial charge in [-0.2, -0.15) is 11.8 Å². The Morgan fingerprint density at radius 1 is 1.39 bits per heavy atom. The van der Waals surface area contributed by atoms with Gasteiger partial charge in [0, 0.05) is 12.6 Å². The Labute approximate surface area is 109 Å². The minimum Gasteiger partial charge on any atom is -0.383 e. The topological polar surface area (TPSA) is 55.1 Å². The van der Waals surface area contributed by atoms with E-state index in [1.807, 2.05) is 0 Å². The van der Waals surface area contributed by atoms with Crippen molar-refractivity contribution in [1.82, 2.24) is 0 Å². The molecule has 1 aromatic carbocycles. The van der Waals surface area contributed by atoms with Crippen molar-refractivity contribution in [1.29, 1.82) is 0 Å². The molecule has 1 amide bonds. The Hall–Kier alpha value is -1.30. The molecule has 3 nitrogen and oxygen atoms in total. The van der Waals surface area contributed by atoms with Gasteiger partial charge in [0.05, 0.1) is 11.3 Å². The third-order valence-corrected chi connectivity index (χ3v) is 3.29. The number of rotatable bonds is 7. The van der Waals surface area contributed by atoms with Gasteiger partial charge in [0.2, 0.25) is 0 Å². The number of amides is 1. The maximum Gasteiger partial charge on any atom is 0.251 e. The third kappa shape index (κ3) is 4.18. The summed E-state index contributed by atoms with van der Waals surface area (Å²) >= 11 is 1.79. The Balaban J connectivity index is 2.65. The molecule has 0 unspecified atom stereocenters. The molecule has 0 aliphatic rings. The Morgan fingerprint density at radius 3 is 2.72 bits per heavy atom. The number of carbonyl (C=O) groups excluding carboxylic acids is 1. The van der Waals surface area contributed by atoms with Gasteiger partial charge in [-0.3, -0.25) is 4.79 Å². The molecule has 0 atom stereocenters. The maximum atomic E-state index is 13.4. The van der Waals surface area contributed by atoms with E-state index in [1.54, 1.807) is 11.8 Å². The van der Waals surface area contributed by atoms with Crippen molar-refractivity contribution in [2.45, 2.75) is 13.3 Å². The molecule has 18 heavy (non-hydrogen) atoms. The predicted octanol–water partition coefficient (Wildman–Crippen LogP) is 2.62. The summed E-state index contributed by atoms with van der Waals surface area (Å²) < 4.78 is 26.6. The molecule has 0 aromatic heterocycles. The minimum atomic E-state index is -0.938. The van der Waals surface area contributed by atoms with E-state index in [0.717, 1.165) is 24.0 Å². The zero-order valence-corrected chi connectivity index (χ0v) is 10.9. The highest BCUT2D eigenvalue weighted by Gasteiger charge is 2.13. The molecule has 0 aliphatic carbocycles. The third-order valence-electron chi connectivity index (χ3n) is 2.31. The molecule has 0 saturated heterocycles. The summed E-state index contributed by atoms with van der Waals surface area (Å²) in [5.41, 5.74) is 4.80. The van der Waals surface area contributed by atoms with Crippen LogP contribution < -0.4 is 11.1 Å². The highest BCUT2D eigenvalue weighted by Crippen LogP contribution is 2.19. The lowest BCUT2D eigenvalue weighted by Crippen LogP contribution is -2.15. The monoisotopic (exact) mass is 274 g/mol. The Kier molecular flexibility index (Phi) is 5.91. The normalized spacial score (nSPS) is 10.4. The van der Waals surface area contributed by atoms with Gasteiger partial charge >= 0.3 is 0 Å². The first-order chi connectivity index (χ1) is 8.56. The molecule has 0 fully saturated rings. The van der Waals surface area contributed by atoms with Crippen molar-refractivity contribution in [3.8, 4) is 0 Å². The number of halogens is 2. The zero-order valence-electron chi connectivity index (χ0n) is 10.1. The highest BCUT2D eigenvalue weighted by molar-refractivity contribution is 7.99. The van der Waals surface area contributed by atoms with Crippen LogP contribution in [-0.2, 0) is 0 Å². The fraction of sp³-hybridized carbons (Fsp3) is 0.417. The van der Waals surface area contributed by atoms with E-state index in [4.69, 9.17) is 5.73 Å². The van der Waals surface area contributed by atoms with E-state index >= 15 is 0 Å². The van der Waals surface area contributed by atoms with Gasteiger partial charge in [0.25, 0.3) is 5.91 Å². The summed E-state index contributed by atoms with van der Waals surface area (Å²) in [4.78, 5) is 10.9. The maximum absolute atomic E-state index is 13.4. The summed E-state index contributed by atoms with van der Waals surface area (Å²) in [6.07, 6.45) is 0.862. The van der Waals surface area contributed by atoms with Crippen molar-refractivity contribution in [2.75, 3.05) is 23.4 Å². The van der Waals surface area contributed by atoms with Gasteiger partial charge < -0.3 is 11.1 Å². The van der Waals surface area contributed by atoms with Crippen molar-refractivity contribution in [3.05, 3.63) is 29.3 Å². The second-order valence-electron chi connectivity index (χ2n) is 3.65. The first kappa shape index (κ1) is 14.8. The largest absolute Gasteiger partial charge is 0.383 e. The summed E-state index contributed by atoms with van der Waals surface area (Å²) in [6, 6.07) is 1.78. The van der Waals surface area contributed by atoms with Crippen LogP contribution in [0.4, 0.5) is 14.5 Å². The molecule has 0 spiro atoms. The number of thioether (sulfide) groups is 1. The number of nitrogens with one attached hydrogen (secondary N) is 1. The van der Waals surface area contributed by atoms with E-state index in [1.165, 1.54) is 0 Å². The van der Waals surface area contributed by atoms with Crippen LogP contribution in [0, 0.1) is 11.6 Å². The second kappa shape index (κ2) is 7.20. The molecule has 0 bridgehead atoms. The number of nitrogens with two attached hydrogens (primary N) is 1. The molecule has 0 aliphatic heterocycles. The van der Waals surface area contributed by atoms with E-state index in [2.05, 4.69) is 12.2 Å². The number of hydrogen-bond acceptors (Lipinski definition) is 3. The second-order valence-corrected chi connectivity index (χ2v) is 5.05. The quantitative estimate of drug-likeness (QED) is 0.751. The van der Waals surface area contributed by atoms with Gasteiger partial charge in [-0.05, 0) is 24.0 Å². The molecule has 100 valence electrons. The van der Waals surface area contributed by atoms with Crippen LogP contribution in [0.5, 0.6) is 0 Å². The summed E-state index contributed by atoms with van der Waals surface area (Å²) in [6.45, 7) is 2.63. The highest BCUT2D eigenvalue weighted by atomic mass is 32.2. The SMILES string of the molecule is CCSCCCNc1cc(C(N)=O)c(F)cc1F. The van der Waals surface area contributed by atoms with E-state index in [0.29, 0.717) is 12.6 Å². The van der Waals surface area contributed by atoms with Crippen LogP contribution in [0.25, 0.3) is 0 Å². The smallest absolute Gasteiger partial charge is 0.251 e. The number of hydrogen-bond donors (Lipinski definition) is 2. The number of primary amides is 1. The average molecular weight is 274 g/mol. The molecular formula is C12H16F2N2OS. The number of benzene rings is 1. The van der Waals surface area contributed by atoms with Crippen LogP contribution in [0.15, 0.2) is 12.1 Å². The Bertz CT molecular complexity index is 427. The first-order valence-electron chi connectivity index (χ1n) is 5.66. The van der Waals surface area contributed by atoms with Crippen molar-refractivity contribution in [3.63, 3.8) is 0 Å². The van der Waals surface area contributed by atoms with Gasteiger partial charge in [0.15, 0.2) is 0 Å². The average Bonchev–Trinajstić information content (AvgIpc) is 2.30. The van der Waals surface area contributed by atoms with Crippen LogP contribution in [0.2, 0.25) is 0 Å². The lowest BCUT2D eigenvalue weighted by Gasteiger charge is -2.09. The summed E-state index contributed by atoms with van der Waals surface area (Å²) in [5, 5.41) is 2.83. The summed E-state index contributed by atoms with van der Waals surface area (Å²) in [7, 11) is 0. The van der Waals surface area contributed by atoms with Crippen LogP contribution in [-0.4, -0.2) is 24.0 Å². The van der Waals surface area contributed by atoms with Crippen LogP contribution in [0.1, 0.15) is 23.7 Å². The van der Waals surface area contributed by atoms with Gasteiger partial charge in [0.1, 0.15) is 11.6 Å². The zero-order chi connectivity index (χ0) is 13.5. The molecule has 0 radical (unpaired) electrons. The van der Waals surface area contributed by atoms with E-state index in [-0.39, 0.29) is 11.3 Å². The summed E-state index contributed by atoms with van der Waals surface area (Å²) in [5.74, 6) is -0.559. The number of carbonyl (C=O) groups is 1.